The number of rotatable bonds is 1. The highest BCUT2D eigenvalue weighted by Gasteiger charge is 2.42. The fourth-order valence-electron chi connectivity index (χ4n) is 1.68. The summed E-state index contributed by atoms with van der Waals surface area (Å²) in [4.78, 5) is 0. The fraction of sp³-hybridized carbons (Fsp3) is 0.400. The van der Waals surface area contributed by atoms with E-state index in [1.807, 2.05) is 0 Å². The number of benzene rings is 1. The smallest absolute Gasteiger partial charge is 0.418 e. The van der Waals surface area contributed by atoms with Gasteiger partial charge in [0.1, 0.15) is 5.75 Å². The summed E-state index contributed by atoms with van der Waals surface area (Å²) < 4.78 is 42.2. The van der Waals surface area contributed by atoms with Crippen molar-refractivity contribution in [2.45, 2.75) is 18.7 Å². The molecule has 0 spiro atoms. The average molecular weight is 253 g/mol. The van der Waals surface area contributed by atoms with Gasteiger partial charge < -0.3 is 9.84 Å². The monoisotopic (exact) mass is 252 g/mol. The van der Waals surface area contributed by atoms with Crippen LogP contribution in [0.4, 0.5) is 13.2 Å². The maximum atomic E-state index is 12.4. The van der Waals surface area contributed by atoms with E-state index in [1.54, 1.807) is 6.07 Å². The van der Waals surface area contributed by atoms with Crippen molar-refractivity contribution in [2.24, 2.45) is 0 Å². The van der Waals surface area contributed by atoms with Gasteiger partial charge in [-0.05, 0) is 17.7 Å². The molecular weight excluding hydrogens is 245 g/mol. The van der Waals surface area contributed by atoms with Crippen molar-refractivity contribution in [1.29, 1.82) is 0 Å². The number of halogens is 4. The molecule has 1 aliphatic heterocycles. The molecule has 1 heterocycles. The minimum atomic E-state index is -4.72. The van der Waals surface area contributed by atoms with Gasteiger partial charge in [0, 0.05) is 17.0 Å². The van der Waals surface area contributed by atoms with Gasteiger partial charge in [0.25, 0.3) is 0 Å². The Morgan fingerprint density at radius 2 is 2.06 bits per heavy atom. The summed E-state index contributed by atoms with van der Waals surface area (Å²) in [6.45, 7) is 0.313. The molecule has 1 aromatic rings. The molecule has 1 aliphatic rings. The van der Waals surface area contributed by atoms with Crippen molar-refractivity contribution in [3.63, 3.8) is 0 Å². The fourth-order valence-corrected chi connectivity index (χ4v) is 1.93. The van der Waals surface area contributed by atoms with Gasteiger partial charge in [-0.2, -0.15) is 13.2 Å². The Balaban J connectivity index is 2.49. The molecule has 0 radical (unpaired) electrons. The molecule has 0 saturated carbocycles. The Hall–Kier alpha value is -0.940. The van der Waals surface area contributed by atoms with Crippen LogP contribution < -0.4 is 4.74 Å². The molecule has 1 atom stereocenters. The van der Waals surface area contributed by atoms with Gasteiger partial charge >= 0.3 is 6.18 Å². The Kier molecular flexibility index (Phi) is 2.75. The molecular formula is C10H8ClF3O2. The van der Waals surface area contributed by atoms with Gasteiger partial charge in [0.15, 0.2) is 6.10 Å². The van der Waals surface area contributed by atoms with Crippen LogP contribution in [-0.2, 0) is 6.42 Å². The minimum absolute atomic E-state index is 0.106. The van der Waals surface area contributed by atoms with E-state index in [-0.39, 0.29) is 16.3 Å². The third kappa shape index (κ3) is 1.97. The SMILES string of the molecule is OC(c1cc(Cl)cc2c1OCC2)C(F)(F)F. The van der Waals surface area contributed by atoms with E-state index in [4.69, 9.17) is 16.3 Å². The summed E-state index contributed by atoms with van der Waals surface area (Å²) in [5.74, 6) is 0.106. The minimum Gasteiger partial charge on any atom is -0.493 e. The number of hydrogen-bond acceptors (Lipinski definition) is 2. The van der Waals surface area contributed by atoms with Crippen molar-refractivity contribution in [3.8, 4) is 5.75 Å². The van der Waals surface area contributed by atoms with Crippen LogP contribution in [-0.4, -0.2) is 17.9 Å². The second kappa shape index (κ2) is 3.82. The van der Waals surface area contributed by atoms with Crippen LogP contribution in [0, 0.1) is 0 Å². The molecule has 1 unspecified atom stereocenters. The predicted octanol–water partition coefficient (Wildman–Crippen LogP) is 2.87. The number of alkyl halides is 3. The number of ether oxygens (including phenoxy) is 1. The van der Waals surface area contributed by atoms with Gasteiger partial charge in [-0.3, -0.25) is 0 Å². The number of hydrogen-bond donors (Lipinski definition) is 1. The molecule has 0 saturated heterocycles. The van der Waals surface area contributed by atoms with E-state index in [0.29, 0.717) is 18.6 Å². The molecule has 88 valence electrons. The normalized spacial score (nSPS) is 16.8. The summed E-state index contributed by atoms with van der Waals surface area (Å²) in [5.41, 5.74) is 0.290. The van der Waals surface area contributed by atoms with E-state index < -0.39 is 12.3 Å². The Morgan fingerprint density at radius 1 is 1.38 bits per heavy atom. The van der Waals surface area contributed by atoms with Crippen molar-refractivity contribution in [1.82, 2.24) is 0 Å². The molecule has 0 amide bonds. The van der Waals surface area contributed by atoms with E-state index >= 15 is 0 Å². The zero-order valence-electron chi connectivity index (χ0n) is 8.01. The van der Waals surface area contributed by atoms with Gasteiger partial charge in [-0.1, -0.05) is 11.6 Å². The number of aliphatic hydroxyl groups excluding tert-OH is 1. The summed E-state index contributed by atoms with van der Waals surface area (Å²) in [5, 5.41) is 9.35. The first-order valence-electron chi connectivity index (χ1n) is 4.59. The molecule has 0 aliphatic carbocycles. The van der Waals surface area contributed by atoms with Gasteiger partial charge in [-0.25, -0.2) is 0 Å². The first kappa shape index (κ1) is 11.5. The molecule has 2 rings (SSSR count). The molecule has 2 nitrogen and oxygen atoms in total. The largest absolute Gasteiger partial charge is 0.493 e. The van der Waals surface area contributed by atoms with Gasteiger partial charge in [0.2, 0.25) is 0 Å². The molecule has 1 aromatic carbocycles. The Morgan fingerprint density at radius 3 is 2.69 bits per heavy atom. The van der Waals surface area contributed by atoms with E-state index in [9.17, 15) is 18.3 Å². The van der Waals surface area contributed by atoms with Crippen LogP contribution in [0.25, 0.3) is 0 Å². The lowest BCUT2D eigenvalue weighted by molar-refractivity contribution is -0.207. The van der Waals surface area contributed by atoms with Crippen molar-refractivity contribution in [3.05, 3.63) is 28.3 Å². The van der Waals surface area contributed by atoms with Crippen LogP contribution in [0.3, 0.4) is 0 Å². The van der Waals surface area contributed by atoms with Crippen LogP contribution in [0.15, 0.2) is 12.1 Å². The summed E-state index contributed by atoms with van der Waals surface area (Å²) >= 11 is 5.69. The zero-order chi connectivity index (χ0) is 11.9. The maximum absolute atomic E-state index is 12.4. The van der Waals surface area contributed by atoms with Crippen LogP contribution in [0.1, 0.15) is 17.2 Å². The molecule has 1 N–H and O–H groups in total. The summed E-state index contributed by atoms with van der Waals surface area (Å²) in [7, 11) is 0. The topological polar surface area (TPSA) is 29.5 Å². The zero-order valence-corrected chi connectivity index (χ0v) is 8.77. The third-order valence-electron chi connectivity index (χ3n) is 2.38. The quantitative estimate of drug-likeness (QED) is 0.833. The Bertz CT molecular complexity index is 417. The van der Waals surface area contributed by atoms with Crippen molar-refractivity contribution < 1.29 is 23.0 Å². The first-order valence-corrected chi connectivity index (χ1v) is 4.97. The Labute approximate surface area is 94.6 Å². The molecule has 0 aromatic heterocycles. The second-order valence-electron chi connectivity index (χ2n) is 3.53. The van der Waals surface area contributed by atoms with E-state index in [1.165, 1.54) is 0 Å². The standard InChI is InChI=1S/C10H8ClF3O2/c11-6-3-5-1-2-16-8(5)7(4-6)9(15)10(12,13)14/h3-4,9,15H,1-2H2. The van der Waals surface area contributed by atoms with Crippen LogP contribution in [0.5, 0.6) is 5.75 Å². The number of aliphatic hydroxyl groups is 1. The van der Waals surface area contributed by atoms with Crippen LogP contribution in [0.2, 0.25) is 5.02 Å². The summed E-state index contributed by atoms with van der Waals surface area (Å²) in [6, 6.07) is 2.64. The first-order chi connectivity index (χ1) is 7.39. The van der Waals surface area contributed by atoms with Crippen molar-refractivity contribution in [2.75, 3.05) is 6.61 Å². The maximum Gasteiger partial charge on any atom is 0.418 e. The highest BCUT2D eigenvalue weighted by atomic mass is 35.5. The highest BCUT2D eigenvalue weighted by molar-refractivity contribution is 6.30. The highest BCUT2D eigenvalue weighted by Crippen LogP contribution is 2.42. The second-order valence-corrected chi connectivity index (χ2v) is 3.96. The average Bonchev–Trinajstić information content (AvgIpc) is 2.61. The number of fused-ring (bicyclic) bond motifs is 1. The third-order valence-corrected chi connectivity index (χ3v) is 2.60. The molecule has 6 heteroatoms. The lowest BCUT2D eigenvalue weighted by Crippen LogP contribution is -2.20. The van der Waals surface area contributed by atoms with E-state index in [0.717, 1.165) is 6.07 Å². The predicted molar refractivity (Wildman–Crippen MR) is 51.7 cm³/mol. The molecule has 0 fully saturated rings. The van der Waals surface area contributed by atoms with Crippen LogP contribution >= 0.6 is 11.6 Å². The van der Waals surface area contributed by atoms with E-state index in [2.05, 4.69) is 0 Å². The summed E-state index contributed by atoms with van der Waals surface area (Å²) in [6.07, 6.45) is -6.77. The molecule has 16 heavy (non-hydrogen) atoms. The van der Waals surface area contributed by atoms with Crippen molar-refractivity contribution >= 4 is 11.6 Å². The van der Waals surface area contributed by atoms with Gasteiger partial charge in [0.05, 0.1) is 6.61 Å². The lowest BCUT2D eigenvalue weighted by Gasteiger charge is -2.17. The lowest BCUT2D eigenvalue weighted by atomic mass is 10.0. The van der Waals surface area contributed by atoms with Gasteiger partial charge in [-0.15, -0.1) is 0 Å². The molecule has 0 bridgehead atoms.